The monoisotopic (exact) mass is 367 g/mol. The van der Waals surface area contributed by atoms with Gasteiger partial charge >= 0.3 is 0 Å². The van der Waals surface area contributed by atoms with Crippen LogP contribution in [0.3, 0.4) is 0 Å². The van der Waals surface area contributed by atoms with Crippen LogP contribution in [0.1, 0.15) is 18.0 Å². The van der Waals surface area contributed by atoms with Crippen LogP contribution in [0, 0.1) is 0 Å². The minimum atomic E-state index is -0.255. The van der Waals surface area contributed by atoms with Crippen molar-refractivity contribution in [1.82, 2.24) is 14.9 Å². The van der Waals surface area contributed by atoms with Crippen LogP contribution in [0.15, 0.2) is 48.1 Å². The Hall–Kier alpha value is -2.51. The first kappa shape index (κ1) is 16.9. The van der Waals surface area contributed by atoms with E-state index < -0.39 is 0 Å². The van der Waals surface area contributed by atoms with Crippen molar-refractivity contribution in [3.05, 3.63) is 53.7 Å². The summed E-state index contributed by atoms with van der Waals surface area (Å²) in [6.07, 6.45) is 1.95. The van der Waals surface area contributed by atoms with Gasteiger partial charge in [0.15, 0.2) is 0 Å². The van der Waals surface area contributed by atoms with Crippen LogP contribution >= 0.6 is 11.3 Å². The normalized spacial score (nSPS) is 16.0. The number of aromatic nitrogens is 2. The Morgan fingerprint density at radius 1 is 1.12 bits per heavy atom. The maximum Gasteiger partial charge on any atom is 0.224 e. The van der Waals surface area contributed by atoms with Crippen LogP contribution in [-0.2, 0) is 4.79 Å². The Morgan fingerprint density at radius 2 is 1.88 bits per heavy atom. The van der Waals surface area contributed by atoms with Gasteiger partial charge in [-0.15, -0.1) is 11.3 Å². The smallest absolute Gasteiger partial charge is 0.224 e. The third kappa shape index (κ3) is 3.40. The summed E-state index contributed by atoms with van der Waals surface area (Å²) in [5.74, 6) is 1.09. The van der Waals surface area contributed by atoms with E-state index in [0.717, 1.165) is 34.7 Å². The summed E-state index contributed by atoms with van der Waals surface area (Å²) in [6.45, 7) is 2.93. The number of hydrogen-bond donors (Lipinski definition) is 1. The molecule has 2 aromatic heterocycles. The van der Waals surface area contributed by atoms with E-state index >= 15 is 0 Å². The fourth-order valence-corrected chi connectivity index (χ4v) is 4.17. The molecule has 1 aromatic carbocycles. The van der Waals surface area contributed by atoms with Crippen LogP contribution in [0.25, 0.3) is 10.2 Å². The zero-order valence-electron chi connectivity index (χ0n) is 14.4. The number of benzene rings is 1. The minimum Gasteiger partial charge on any atom is -0.352 e. The lowest BCUT2D eigenvalue weighted by Gasteiger charge is -2.36. The summed E-state index contributed by atoms with van der Waals surface area (Å²) in [7, 11) is 0. The molecule has 6 nitrogen and oxygen atoms in total. The molecule has 1 atom stereocenters. The molecule has 4 rings (SSSR count). The minimum absolute atomic E-state index is 0.116. The maximum absolute atomic E-state index is 12.6. The second-order valence-electron chi connectivity index (χ2n) is 6.42. The number of hydrogen-bond acceptors (Lipinski definition) is 6. The number of thiophene rings is 1. The molecule has 134 valence electrons. The number of amides is 1. The van der Waals surface area contributed by atoms with Gasteiger partial charge in [0.2, 0.25) is 5.91 Å². The van der Waals surface area contributed by atoms with Crippen molar-refractivity contribution >= 4 is 33.3 Å². The molecule has 2 N–H and O–H groups in total. The molecule has 3 aromatic rings. The molecule has 0 aliphatic carbocycles. The van der Waals surface area contributed by atoms with Gasteiger partial charge < -0.3 is 15.5 Å². The van der Waals surface area contributed by atoms with E-state index in [1.807, 2.05) is 46.7 Å². The largest absolute Gasteiger partial charge is 0.352 e. The summed E-state index contributed by atoms with van der Waals surface area (Å²) < 4.78 is 1.11. The Kier molecular flexibility index (Phi) is 4.81. The van der Waals surface area contributed by atoms with Crippen LogP contribution in [0.5, 0.6) is 0 Å². The third-order valence-electron chi connectivity index (χ3n) is 4.78. The third-order valence-corrected chi connectivity index (χ3v) is 5.68. The van der Waals surface area contributed by atoms with E-state index in [-0.39, 0.29) is 11.9 Å². The number of carbonyl (C=O) groups excluding carboxylic acids is 1. The summed E-state index contributed by atoms with van der Waals surface area (Å²) >= 11 is 1.66. The summed E-state index contributed by atoms with van der Waals surface area (Å²) in [4.78, 5) is 25.5. The second kappa shape index (κ2) is 7.39. The van der Waals surface area contributed by atoms with Gasteiger partial charge in [0.05, 0.1) is 10.2 Å². The Bertz CT molecular complexity index is 889. The number of rotatable bonds is 4. The van der Waals surface area contributed by atoms with Crippen LogP contribution in [0.4, 0.5) is 5.82 Å². The van der Waals surface area contributed by atoms with Gasteiger partial charge in [0, 0.05) is 38.6 Å². The van der Waals surface area contributed by atoms with Crippen molar-refractivity contribution in [2.75, 3.05) is 31.1 Å². The number of nitrogens with zero attached hydrogens (tertiary/aromatic N) is 4. The Morgan fingerprint density at radius 3 is 2.65 bits per heavy atom. The first-order valence-corrected chi connectivity index (χ1v) is 9.62. The van der Waals surface area contributed by atoms with Gasteiger partial charge in [-0.2, -0.15) is 0 Å². The SMILES string of the molecule is NC(CC(=O)N1CCN(c2ncnc3ccsc23)CC1)c1ccccc1. The van der Waals surface area contributed by atoms with Crippen molar-refractivity contribution < 1.29 is 4.79 Å². The van der Waals surface area contributed by atoms with Crippen molar-refractivity contribution in [3.8, 4) is 0 Å². The van der Waals surface area contributed by atoms with Crippen molar-refractivity contribution in [1.29, 1.82) is 0 Å². The van der Waals surface area contributed by atoms with Gasteiger partial charge in [-0.3, -0.25) is 4.79 Å². The van der Waals surface area contributed by atoms with E-state index in [4.69, 9.17) is 5.73 Å². The predicted molar refractivity (Wildman–Crippen MR) is 104 cm³/mol. The number of fused-ring (bicyclic) bond motifs is 1. The first-order valence-electron chi connectivity index (χ1n) is 8.74. The first-order chi connectivity index (χ1) is 12.7. The highest BCUT2D eigenvalue weighted by Gasteiger charge is 2.24. The van der Waals surface area contributed by atoms with E-state index in [9.17, 15) is 4.79 Å². The fourth-order valence-electron chi connectivity index (χ4n) is 3.30. The van der Waals surface area contributed by atoms with Gasteiger partial charge in [-0.1, -0.05) is 30.3 Å². The molecule has 0 radical (unpaired) electrons. The van der Waals surface area contributed by atoms with E-state index in [1.54, 1.807) is 17.7 Å². The highest BCUT2D eigenvalue weighted by atomic mass is 32.1. The van der Waals surface area contributed by atoms with Gasteiger partial charge in [-0.05, 0) is 17.0 Å². The Balaban J connectivity index is 1.37. The lowest BCUT2D eigenvalue weighted by atomic mass is 10.0. The quantitative estimate of drug-likeness (QED) is 0.766. The maximum atomic E-state index is 12.6. The lowest BCUT2D eigenvalue weighted by molar-refractivity contribution is -0.131. The molecule has 1 unspecified atom stereocenters. The average Bonchev–Trinajstić information content (AvgIpc) is 3.17. The van der Waals surface area contributed by atoms with E-state index in [2.05, 4.69) is 14.9 Å². The fraction of sp³-hybridized carbons (Fsp3) is 0.316. The van der Waals surface area contributed by atoms with E-state index in [0.29, 0.717) is 19.5 Å². The summed E-state index contributed by atoms with van der Waals surface area (Å²) in [5.41, 5.74) is 8.18. The van der Waals surface area contributed by atoms with Crippen LogP contribution in [0.2, 0.25) is 0 Å². The molecule has 7 heteroatoms. The molecule has 1 fully saturated rings. The van der Waals surface area contributed by atoms with Gasteiger partial charge in [-0.25, -0.2) is 9.97 Å². The standard InChI is InChI=1S/C19H21N5OS/c20-15(14-4-2-1-3-5-14)12-17(25)23-7-9-24(10-8-23)19-18-16(6-11-26-18)21-13-22-19/h1-6,11,13,15H,7-10,12,20H2. The molecule has 1 saturated heterocycles. The topological polar surface area (TPSA) is 75.4 Å². The lowest BCUT2D eigenvalue weighted by Crippen LogP contribution is -2.49. The van der Waals surface area contributed by atoms with Crippen LogP contribution < -0.4 is 10.6 Å². The molecule has 1 aliphatic heterocycles. The highest BCUT2D eigenvalue weighted by Crippen LogP contribution is 2.28. The molecule has 1 amide bonds. The predicted octanol–water partition coefficient (Wildman–Crippen LogP) is 2.43. The highest BCUT2D eigenvalue weighted by molar-refractivity contribution is 7.17. The molecule has 1 aliphatic rings. The number of piperazine rings is 1. The number of nitrogens with two attached hydrogens (primary N) is 1. The summed E-state index contributed by atoms with van der Waals surface area (Å²) in [6, 6.07) is 11.5. The molecule has 26 heavy (non-hydrogen) atoms. The number of carbonyl (C=O) groups is 1. The zero-order chi connectivity index (χ0) is 17.9. The van der Waals surface area contributed by atoms with Crippen molar-refractivity contribution in [2.24, 2.45) is 5.73 Å². The van der Waals surface area contributed by atoms with Crippen LogP contribution in [-0.4, -0.2) is 47.0 Å². The van der Waals surface area contributed by atoms with Crippen molar-refractivity contribution in [3.63, 3.8) is 0 Å². The Labute approximate surface area is 156 Å². The van der Waals surface area contributed by atoms with Gasteiger partial charge in [0.25, 0.3) is 0 Å². The van der Waals surface area contributed by atoms with Crippen molar-refractivity contribution in [2.45, 2.75) is 12.5 Å². The molecule has 0 spiro atoms. The summed E-state index contributed by atoms with van der Waals surface area (Å²) in [5, 5.41) is 2.04. The molecular formula is C19H21N5OS. The molecule has 0 saturated carbocycles. The molecular weight excluding hydrogens is 346 g/mol. The second-order valence-corrected chi connectivity index (χ2v) is 7.34. The van der Waals surface area contributed by atoms with E-state index in [1.165, 1.54) is 0 Å². The average molecular weight is 367 g/mol. The zero-order valence-corrected chi connectivity index (χ0v) is 15.2. The molecule has 3 heterocycles. The molecule has 0 bridgehead atoms. The van der Waals surface area contributed by atoms with Gasteiger partial charge in [0.1, 0.15) is 12.1 Å². The number of anilines is 1.